The van der Waals surface area contributed by atoms with Gasteiger partial charge < -0.3 is 14.2 Å². The van der Waals surface area contributed by atoms with Crippen LogP contribution in [0.5, 0.6) is 11.5 Å². The second kappa shape index (κ2) is 4.89. The quantitative estimate of drug-likeness (QED) is 0.756. The molecule has 3 rings (SSSR count). The van der Waals surface area contributed by atoms with E-state index in [2.05, 4.69) is 26.5 Å². The van der Waals surface area contributed by atoms with Crippen molar-refractivity contribution in [1.29, 1.82) is 0 Å². The summed E-state index contributed by atoms with van der Waals surface area (Å²) in [5.41, 5.74) is 2.35. The Hall–Kier alpha value is -1.48. The van der Waals surface area contributed by atoms with Crippen molar-refractivity contribution < 1.29 is 14.2 Å². The second-order valence-corrected chi connectivity index (χ2v) is 5.51. The highest BCUT2D eigenvalue weighted by atomic mass is 16.7. The van der Waals surface area contributed by atoms with E-state index >= 15 is 0 Å². The summed E-state index contributed by atoms with van der Waals surface area (Å²) in [7, 11) is 0. The summed E-state index contributed by atoms with van der Waals surface area (Å²) < 4.78 is 17.0. The predicted octanol–water partition coefficient (Wildman–Crippen LogP) is 3.85. The van der Waals surface area contributed by atoms with Crippen molar-refractivity contribution in [2.45, 2.75) is 38.9 Å². The monoisotopic (exact) mass is 260 g/mol. The van der Waals surface area contributed by atoms with Crippen molar-refractivity contribution >= 4 is 0 Å². The number of hydrogen-bond donors (Lipinski definition) is 0. The molecule has 0 unspecified atom stereocenters. The average Bonchev–Trinajstić information content (AvgIpc) is 2.85. The molecule has 0 N–H and O–H groups in total. The predicted molar refractivity (Wildman–Crippen MR) is 73.4 cm³/mol. The molecule has 3 heteroatoms. The Balaban J connectivity index is 1.91. The van der Waals surface area contributed by atoms with Gasteiger partial charge in [0.05, 0.1) is 12.2 Å². The lowest BCUT2D eigenvalue weighted by Gasteiger charge is -2.36. The minimum absolute atomic E-state index is 0.0794. The van der Waals surface area contributed by atoms with E-state index in [1.807, 2.05) is 12.1 Å². The van der Waals surface area contributed by atoms with Gasteiger partial charge in [-0.2, -0.15) is 0 Å². The van der Waals surface area contributed by atoms with Crippen molar-refractivity contribution in [3.05, 3.63) is 35.9 Å². The molecule has 1 aromatic carbocycles. The summed E-state index contributed by atoms with van der Waals surface area (Å²) in [5, 5.41) is 0. The van der Waals surface area contributed by atoms with Gasteiger partial charge in [0.15, 0.2) is 11.5 Å². The molecule has 3 atom stereocenters. The Labute approximate surface area is 114 Å². The third-order valence-corrected chi connectivity index (χ3v) is 3.99. The molecular weight excluding hydrogens is 240 g/mol. The molecule has 1 saturated heterocycles. The Kier molecular flexibility index (Phi) is 3.23. The lowest BCUT2D eigenvalue weighted by Crippen LogP contribution is -2.28. The Bertz CT molecular complexity index is 495. The van der Waals surface area contributed by atoms with Crippen molar-refractivity contribution in [3.8, 4) is 11.5 Å². The van der Waals surface area contributed by atoms with E-state index in [0.29, 0.717) is 18.8 Å². The van der Waals surface area contributed by atoms with Crippen molar-refractivity contribution in [2.75, 3.05) is 6.79 Å². The molecule has 0 radical (unpaired) electrons. The van der Waals surface area contributed by atoms with Gasteiger partial charge in [0.1, 0.15) is 0 Å². The first-order chi connectivity index (χ1) is 9.15. The van der Waals surface area contributed by atoms with E-state index in [9.17, 15) is 0 Å². The van der Waals surface area contributed by atoms with Gasteiger partial charge in [0, 0.05) is 5.92 Å². The van der Waals surface area contributed by atoms with Gasteiger partial charge in [-0.1, -0.05) is 18.2 Å². The summed E-state index contributed by atoms with van der Waals surface area (Å²) in [6.07, 6.45) is 2.61. The van der Waals surface area contributed by atoms with Crippen molar-refractivity contribution in [2.24, 2.45) is 5.92 Å². The van der Waals surface area contributed by atoms with Gasteiger partial charge in [-0.3, -0.25) is 0 Å². The summed E-state index contributed by atoms with van der Waals surface area (Å²) in [4.78, 5) is 0. The molecule has 1 aromatic rings. The molecule has 2 aliphatic heterocycles. The minimum Gasteiger partial charge on any atom is -0.454 e. The van der Waals surface area contributed by atoms with Crippen LogP contribution in [0.15, 0.2) is 30.4 Å². The largest absolute Gasteiger partial charge is 0.454 e. The first-order valence-corrected chi connectivity index (χ1v) is 6.85. The van der Waals surface area contributed by atoms with Crippen LogP contribution in [-0.2, 0) is 4.74 Å². The fraction of sp³-hybridized carbons (Fsp3) is 0.500. The molecular formula is C16H20O3. The first kappa shape index (κ1) is 12.5. The molecule has 0 saturated carbocycles. The van der Waals surface area contributed by atoms with E-state index in [0.717, 1.165) is 29.9 Å². The number of rotatable bonds is 2. The molecule has 2 heterocycles. The van der Waals surface area contributed by atoms with E-state index in [1.54, 1.807) is 0 Å². The van der Waals surface area contributed by atoms with Gasteiger partial charge in [-0.05, 0) is 44.4 Å². The summed E-state index contributed by atoms with van der Waals surface area (Å²) in [6.45, 7) is 8.65. The maximum absolute atomic E-state index is 6.15. The molecule has 1 fully saturated rings. The smallest absolute Gasteiger partial charge is 0.231 e. The topological polar surface area (TPSA) is 27.7 Å². The lowest BCUT2D eigenvalue weighted by atomic mass is 9.83. The van der Waals surface area contributed by atoms with Crippen molar-refractivity contribution in [1.82, 2.24) is 0 Å². The highest BCUT2D eigenvalue weighted by Gasteiger charge is 2.32. The lowest BCUT2D eigenvalue weighted by molar-refractivity contribution is -0.0672. The maximum atomic E-state index is 6.15. The van der Waals surface area contributed by atoms with E-state index in [1.165, 1.54) is 5.57 Å². The zero-order valence-corrected chi connectivity index (χ0v) is 11.5. The van der Waals surface area contributed by atoms with Crippen LogP contribution in [0.1, 0.15) is 38.4 Å². The van der Waals surface area contributed by atoms with Gasteiger partial charge in [-0.15, -0.1) is 0 Å². The number of hydrogen-bond acceptors (Lipinski definition) is 3. The summed E-state index contributed by atoms with van der Waals surface area (Å²) >= 11 is 0. The molecule has 3 nitrogen and oxygen atoms in total. The SMILES string of the molecule is C=C(C)[C@@H]1CC[C@@H](C)O[C@H]1c1ccc2c(c1)OCO2. The van der Waals surface area contributed by atoms with Crippen LogP contribution in [0.25, 0.3) is 0 Å². The number of fused-ring (bicyclic) bond motifs is 1. The molecule has 19 heavy (non-hydrogen) atoms. The van der Waals surface area contributed by atoms with Crippen LogP contribution < -0.4 is 9.47 Å². The Morgan fingerprint density at radius 3 is 2.79 bits per heavy atom. The van der Waals surface area contributed by atoms with Gasteiger partial charge in [-0.25, -0.2) is 0 Å². The zero-order chi connectivity index (χ0) is 13.4. The number of benzene rings is 1. The van der Waals surface area contributed by atoms with Crippen LogP contribution >= 0.6 is 0 Å². The molecule has 2 aliphatic rings. The van der Waals surface area contributed by atoms with Crippen LogP contribution in [0.3, 0.4) is 0 Å². The molecule has 0 amide bonds. The molecule has 0 aromatic heterocycles. The molecule has 0 bridgehead atoms. The Morgan fingerprint density at radius 2 is 2.00 bits per heavy atom. The maximum Gasteiger partial charge on any atom is 0.231 e. The normalized spacial score (nSPS) is 29.3. The molecule has 102 valence electrons. The van der Waals surface area contributed by atoms with Gasteiger partial charge in [0.2, 0.25) is 6.79 Å². The molecule has 0 aliphatic carbocycles. The van der Waals surface area contributed by atoms with Gasteiger partial charge >= 0.3 is 0 Å². The summed E-state index contributed by atoms with van der Waals surface area (Å²) in [5.74, 6) is 2.02. The van der Waals surface area contributed by atoms with Crippen LogP contribution in [0.4, 0.5) is 0 Å². The van der Waals surface area contributed by atoms with Gasteiger partial charge in [0.25, 0.3) is 0 Å². The van der Waals surface area contributed by atoms with E-state index < -0.39 is 0 Å². The summed E-state index contributed by atoms with van der Waals surface area (Å²) in [6, 6.07) is 6.09. The van der Waals surface area contributed by atoms with Crippen LogP contribution in [0.2, 0.25) is 0 Å². The van der Waals surface area contributed by atoms with E-state index in [4.69, 9.17) is 14.2 Å². The van der Waals surface area contributed by atoms with E-state index in [-0.39, 0.29) is 6.10 Å². The fourth-order valence-corrected chi connectivity index (χ4v) is 2.88. The van der Waals surface area contributed by atoms with Crippen LogP contribution in [-0.4, -0.2) is 12.9 Å². The first-order valence-electron chi connectivity index (χ1n) is 6.85. The third-order valence-electron chi connectivity index (χ3n) is 3.99. The average molecular weight is 260 g/mol. The molecule has 0 spiro atoms. The van der Waals surface area contributed by atoms with Crippen molar-refractivity contribution in [3.63, 3.8) is 0 Å². The second-order valence-electron chi connectivity index (χ2n) is 5.51. The fourth-order valence-electron chi connectivity index (χ4n) is 2.88. The van der Waals surface area contributed by atoms with Crippen LogP contribution in [0, 0.1) is 5.92 Å². The Morgan fingerprint density at radius 1 is 1.21 bits per heavy atom. The third kappa shape index (κ3) is 2.35. The minimum atomic E-state index is 0.0794. The standard InChI is InChI=1S/C16H20O3/c1-10(2)13-6-4-11(3)19-16(13)12-5-7-14-15(8-12)18-9-17-14/h5,7-8,11,13,16H,1,4,6,9H2,2-3H3/t11-,13+,16+/m1/s1. The highest BCUT2D eigenvalue weighted by molar-refractivity contribution is 5.45. The zero-order valence-electron chi connectivity index (χ0n) is 11.5. The number of ether oxygens (including phenoxy) is 3. The highest BCUT2D eigenvalue weighted by Crippen LogP contribution is 2.42.